The predicted octanol–water partition coefficient (Wildman–Crippen LogP) is 8.83. The molecule has 2 N–H and O–H groups in total. The summed E-state index contributed by atoms with van der Waals surface area (Å²) in [7, 11) is 0. The average molecular weight is 507 g/mol. The summed E-state index contributed by atoms with van der Waals surface area (Å²) in [5.41, 5.74) is 7.86. The van der Waals surface area contributed by atoms with Crippen LogP contribution < -0.4 is 0 Å². The first-order valence-corrected chi connectivity index (χ1v) is 13.7. The van der Waals surface area contributed by atoms with E-state index in [1.807, 2.05) is 82.6 Å². The van der Waals surface area contributed by atoms with Crippen molar-refractivity contribution in [2.75, 3.05) is 0 Å². The third-order valence-corrected chi connectivity index (χ3v) is 9.04. The van der Waals surface area contributed by atoms with Gasteiger partial charge in [-0.2, -0.15) is 0 Å². The van der Waals surface area contributed by atoms with E-state index in [-0.39, 0.29) is 0 Å². The maximum atomic E-state index is 4.63. The van der Waals surface area contributed by atoms with Gasteiger partial charge >= 0.3 is 0 Å². The van der Waals surface area contributed by atoms with Crippen molar-refractivity contribution in [3.63, 3.8) is 0 Å². The van der Waals surface area contributed by atoms with Crippen LogP contribution in [0.25, 0.3) is 65.2 Å². The van der Waals surface area contributed by atoms with Gasteiger partial charge in [0.05, 0.1) is 31.5 Å². The fraction of sp³-hybridized carbons (Fsp3) is 0. The molecule has 0 spiro atoms. The molecule has 6 aromatic heterocycles. The molecule has 0 fully saturated rings. The summed E-state index contributed by atoms with van der Waals surface area (Å²) in [5.74, 6) is 0. The number of nitrogens with one attached hydrogen (secondary N) is 2. The van der Waals surface area contributed by atoms with Gasteiger partial charge in [-0.15, -0.1) is 34.0 Å². The minimum atomic E-state index is 0.939. The molecule has 0 saturated carbocycles. The van der Waals surface area contributed by atoms with E-state index in [0.29, 0.717) is 0 Å². The van der Waals surface area contributed by atoms with E-state index >= 15 is 0 Å². The standard InChI is InChI=1S/C20H14N4.C8H4S3/c1-2-14-10-16-5-6-18(23-16)12-20-8-7-19(24-20)11-17-4-3-15(22-17)9-13(1)21-14;1-3-10-8-5(1)7-6(11-8)2-4-9-7/h1-12,21,24H;1-4H. The lowest BCUT2D eigenvalue weighted by molar-refractivity contribution is 1.31. The van der Waals surface area contributed by atoms with Crippen LogP contribution in [0.3, 0.4) is 0 Å². The van der Waals surface area contributed by atoms with Crippen LogP contribution in [-0.4, -0.2) is 19.9 Å². The van der Waals surface area contributed by atoms with Gasteiger partial charge in [0.25, 0.3) is 0 Å². The van der Waals surface area contributed by atoms with E-state index in [2.05, 4.69) is 67.1 Å². The number of rotatable bonds is 0. The molecule has 0 radical (unpaired) electrons. The monoisotopic (exact) mass is 506 g/mol. The molecule has 168 valence electrons. The highest BCUT2D eigenvalue weighted by Crippen LogP contribution is 2.39. The maximum absolute atomic E-state index is 4.63. The molecule has 0 unspecified atom stereocenters. The smallest absolute Gasteiger partial charge is 0.0885 e. The molecule has 0 aliphatic carbocycles. The first kappa shape index (κ1) is 20.6. The van der Waals surface area contributed by atoms with Gasteiger partial charge < -0.3 is 9.97 Å². The zero-order valence-electron chi connectivity index (χ0n) is 18.4. The second-order valence-corrected chi connectivity index (χ2v) is 11.4. The van der Waals surface area contributed by atoms with Crippen LogP contribution in [0.15, 0.2) is 71.4 Å². The van der Waals surface area contributed by atoms with E-state index in [1.54, 1.807) is 0 Å². The van der Waals surface area contributed by atoms with E-state index < -0.39 is 0 Å². The van der Waals surface area contributed by atoms with Gasteiger partial charge in [-0.25, -0.2) is 9.97 Å². The predicted molar refractivity (Wildman–Crippen MR) is 154 cm³/mol. The molecule has 7 heteroatoms. The molecular formula is C28H18N4S3. The summed E-state index contributed by atoms with van der Waals surface area (Å²) in [4.78, 5) is 16.0. The van der Waals surface area contributed by atoms with Gasteiger partial charge in [0, 0.05) is 32.2 Å². The van der Waals surface area contributed by atoms with Crippen LogP contribution in [0.1, 0.15) is 22.8 Å². The molecule has 0 aromatic carbocycles. The molecule has 0 atom stereocenters. The van der Waals surface area contributed by atoms with Gasteiger partial charge in [-0.1, -0.05) is 0 Å². The van der Waals surface area contributed by atoms with Crippen molar-refractivity contribution in [2.45, 2.75) is 0 Å². The van der Waals surface area contributed by atoms with Gasteiger partial charge in [0.1, 0.15) is 0 Å². The Kier molecular flexibility index (Phi) is 4.98. The molecule has 2 aliphatic heterocycles. The van der Waals surface area contributed by atoms with Gasteiger partial charge in [-0.05, 0) is 95.7 Å². The lowest BCUT2D eigenvalue weighted by Crippen LogP contribution is -1.75. The van der Waals surface area contributed by atoms with Crippen molar-refractivity contribution in [3.05, 3.63) is 94.2 Å². The van der Waals surface area contributed by atoms with Crippen molar-refractivity contribution >= 4 is 99.2 Å². The highest BCUT2D eigenvalue weighted by molar-refractivity contribution is 7.43. The molecule has 0 saturated heterocycles. The van der Waals surface area contributed by atoms with Gasteiger partial charge in [0.2, 0.25) is 0 Å². The lowest BCUT2D eigenvalue weighted by atomic mass is 10.3. The Morgan fingerprint density at radius 3 is 1.54 bits per heavy atom. The minimum absolute atomic E-state index is 0.939. The molecule has 35 heavy (non-hydrogen) atoms. The van der Waals surface area contributed by atoms with Crippen molar-refractivity contribution in [2.24, 2.45) is 0 Å². The summed E-state index contributed by atoms with van der Waals surface area (Å²) < 4.78 is 4.37. The number of aromatic nitrogens is 4. The number of nitrogens with zero attached hydrogens (tertiary/aromatic N) is 2. The van der Waals surface area contributed by atoms with Crippen LogP contribution in [-0.2, 0) is 0 Å². The van der Waals surface area contributed by atoms with Gasteiger partial charge in [0.15, 0.2) is 0 Å². The third kappa shape index (κ3) is 4.14. The van der Waals surface area contributed by atoms with Crippen LogP contribution in [0, 0.1) is 0 Å². The van der Waals surface area contributed by atoms with E-state index in [0.717, 1.165) is 44.8 Å². The summed E-state index contributed by atoms with van der Waals surface area (Å²) in [6.45, 7) is 0. The second kappa shape index (κ2) is 8.46. The quantitative estimate of drug-likeness (QED) is 0.216. The fourth-order valence-electron chi connectivity index (χ4n) is 4.16. The number of fused-ring (bicyclic) bond motifs is 11. The average Bonchev–Trinajstić information content (AvgIpc) is 3.65. The Hall–Kier alpha value is -3.78. The summed E-state index contributed by atoms with van der Waals surface area (Å²) in [5, 5.41) is 5.78. The lowest BCUT2D eigenvalue weighted by Gasteiger charge is -1.85. The van der Waals surface area contributed by atoms with Crippen LogP contribution >= 0.6 is 34.0 Å². The fourth-order valence-corrected chi connectivity index (χ4v) is 7.54. The maximum Gasteiger partial charge on any atom is 0.0885 e. The van der Waals surface area contributed by atoms with Crippen LogP contribution in [0.4, 0.5) is 0 Å². The normalized spacial score (nSPS) is 12.3. The first-order chi connectivity index (χ1) is 17.2. The van der Waals surface area contributed by atoms with Crippen molar-refractivity contribution in [1.82, 2.24) is 19.9 Å². The minimum Gasteiger partial charge on any atom is -0.355 e. The van der Waals surface area contributed by atoms with E-state index in [1.165, 1.54) is 18.8 Å². The largest absolute Gasteiger partial charge is 0.355 e. The third-order valence-electron chi connectivity index (χ3n) is 5.75. The molecule has 8 heterocycles. The number of thiophene rings is 3. The van der Waals surface area contributed by atoms with E-state index in [4.69, 9.17) is 0 Å². The first-order valence-electron chi connectivity index (χ1n) is 11.1. The highest BCUT2D eigenvalue weighted by atomic mass is 32.2. The van der Waals surface area contributed by atoms with Crippen molar-refractivity contribution in [3.8, 4) is 0 Å². The Labute approximate surface area is 212 Å². The molecule has 0 amide bonds. The number of hydrogen-bond donors (Lipinski definition) is 2. The van der Waals surface area contributed by atoms with Gasteiger partial charge in [-0.3, -0.25) is 0 Å². The summed E-state index contributed by atoms with van der Waals surface area (Å²) in [6.07, 6.45) is 8.09. The Balaban J connectivity index is 0.000000158. The van der Waals surface area contributed by atoms with Crippen LogP contribution in [0.5, 0.6) is 0 Å². The second-order valence-electron chi connectivity index (χ2n) is 8.24. The molecular weight excluding hydrogens is 489 g/mol. The topological polar surface area (TPSA) is 57.4 Å². The molecule has 6 aromatic rings. The molecule has 8 bridgehead atoms. The molecule has 8 rings (SSSR count). The number of H-pyrrole nitrogens is 2. The Bertz CT molecular complexity index is 1700. The highest BCUT2D eigenvalue weighted by Gasteiger charge is 2.05. The zero-order valence-corrected chi connectivity index (χ0v) is 20.8. The van der Waals surface area contributed by atoms with E-state index in [9.17, 15) is 0 Å². The Morgan fingerprint density at radius 1 is 0.543 bits per heavy atom. The SMILES string of the molecule is C1=Cc2cc3ccc(cc4nc(cc5ccc(cc1n2)[nH]5)C=C4)[nH]3.c1cc2c(s1)sc1ccsc12. The molecule has 4 nitrogen and oxygen atoms in total. The molecule has 2 aliphatic rings. The zero-order chi connectivity index (χ0) is 23.2. The van der Waals surface area contributed by atoms with Crippen LogP contribution in [0.2, 0.25) is 0 Å². The van der Waals surface area contributed by atoms with Crippen molar-refractivity contribution in [1.29, 1.82) is 0 Å². The van der Waals surface area contributed by atoms with Crippen molar-refractivity contribution < 1.29 is 0 Å². The summed E-state index contributed by atoms with van der Waals surface area (Å²) in [6, 6.07) is 20.8. The number of hydrogen-bond acceptors (Lipinski definition) is 5. The number of aromatic amines is 2. The summed E-state index contributed by atoms with van der Waals surface area (Å²) >= 11 is 5.59. The Morgan fingerprint density at radius 2 is 1.03 bits per heavy atom.